The summed E-state index contributed by atoms with van der Waals surface area (Å²) in [6, 6.07) is 14.2. The Morgan fingerprint density at radius 3 is 2.67 bits per heavy atom. The molecule has 0 fully saturated rings. The molecular weight excluding hydrogens is 340 g/mol. The lowest BCUT2D eigenvalue weighted by Crippen LogP contribution is -2.20. The van der Waals surface area contributed by atoms with Crippen molar-refractivity contribution >= 4 is 29.0 Å². The van der Waals surface area contributed by atoms with Crippen molar-refractivity contribution in [3.05, 3.63) is 53.4 Å². The second-order valence-corrected chi connectivity index (χ2v) is 7.38. The van der Waals surface area contributed by atoms with E-state index in [0.717, 1.165) is 11.3 Å². The van der Waals surface area contributed by atoms with Crippen LogP contribution in [0.25, 0.3) is 10.7 Å². The number of thioether (sulfide) groups is 1. The van der Waals surface area contributed by atoms with Crippen LogP contribution in [0.2, 0.25) is 0 Å². The first kappa shape index (κ1) is 16.7. The van der Waals surface area contributed by atoms with Crippen molar-refractivity contribution in [3.63, 3.8) is 0 Å². The Hall–Kier alpha value is -2.12. The summed E-state index contributed by atoms with van der Waals surface area (Å²) in [5.41, 5.74) is 6.66. The molecule has 5 nitrogen and oxygen atoms in total. The minimum Gasteiger partial charge on any atom is -0.368 e. The van der Waals surface area contributed by atoms with Crippen LogP contribution in [0.1, 0.15) is 24.2 Å². The van der Waals surface area contributed by atoms with Crippen LogP contribution in [0.15, 0.2) is 53.0 Å². The van der Waals surface area contributed by atoms with E-state index in [2.05, 4.69) is 29.3 Å². The fourth-order valence-electron chi connectivity index (χ4n) is 2.44. The number of hydrogen-bond acceptors (Lipinski definition) is 5. The molecule has 0 radical (unpaired) electrons. The summed E-state index contributed by atoms with van der Waals surface area (Å²) in [5.74, 6) is 0.288. The van der Waals surface area contributed by atoms with E-state index in [4.69, 9.17) is 5.73 Å². The summed E-state index contributed by atoms with van der Waals surface area (Å²) in [6.07, 6.45) is 0.951. The predicted molar refractivity (Wildman–Crippen MR) is 97.9 cm³/mol. The molecular formula is C17H18N4OS2. The third kappa shape index (κ3) is 3.68. The fourth-order valence-corrected chi connectivity index (χ4v) is 4.24. The highest BCUT2D eigenvalue weighted by Crippen LogP contribution is 2.38. The Morgan fingerprint density at radius 2 is 2.04 bits per heavy atom. The van der Waals surface area contributed by atoms with E-state index in [0.29, 0.717) is 11.0 Å². The summed E-state index contributed by atoms with van der Waals surface area (Å²) < 4.78 is 1.81. The van der Waals surface area contributed by atoms with Gasteiger partial charge in [-0.25, -0.2) is 0 Å². The molecule has 124 valence electrons. The number of benzene rings is 1. The predicted octanol–water partition coefficient (Wildman–Crippen LogP) is 3.74. The van der Waals surface area contributed by atoms with Gasteiger partial charge < -0.3 is 5.73 Å². The molecule has 1 unspecified atom stereocenters. The van der Waals surface area contributed by atoms with Gasteiger partial charge in [0.2, 0.25) is 5.91 Å². The zero-order chi connectivity index (χ0) is 16.9. The highest BCUT2D eigenvalue weighted by atomic mass is 32.2. The van der Waals surface area contributed by atoms with Crippen molar-refractivity contribution in [2.45, 2.75) is 30.3 Å². The summed E-state index contributed by atoms with van der Waals surface area (Å²) in [6.45, 7) is 2.22. The molecule has 0 saturated heterocycles. The minimum absolute atomic E-state index is 0.0772. The fraction of sp³-hybridized carbons (Fsp3) is 0.235. The van der Waals surface area contributed by atoms with Gasteiger partial charge in [0.1, 0.15) is 6.54 Å². The van der Waals surface area contributed by atoms with Crippen LogP contribution in [0.4, 0.5) is 0 Å². The van der Waals surface area contributed by atoms with E-state index in [1.807, 2.05) is 40.3 Å². The van der Waals surface area contributed by atoms with Crippen LogP contribution in [-0.2, 0) is 11.3 Å². The van der Waals surface area contributed by atoms with E-state index in [-0.39, 0.29) is 11.8 Å². The minimum atomic E-state index is -0.401. The van der Waals surface area contributed by atoms with Crippen LogP contribution in [0.3, 0.4) is 0 Å². The third-order valence-corrected chi connectivity index (χ3v) is 5.83. The Kier molecular flexibility index (Phi) is 5.32. The standard InChI is InChI=1S/C17H18N4OS2/c1-2-13(12-7-4-3-5-8-12)24-17-20-19-16(14-9-6-10-23-14)21(17)11-15(18)22/h3-10,13H,2,11H2,1H3,(H2,18,22). The monoisotopic (exact) mass is 358 g/mol. The number of carbonyl (C=O) groups is 1. The molecule has 1 amide bonds. The second-order valence-electron chi connectivity index (χ2n) is 5.26. The maximum atomic E-state index is 11.5. The Balaban J connectivity index is 1.94. The Labute approximate surface area is 148 Å². The molecule has 0 aliphatic rings. The Morgan fingerprint density at radius 1 is 1.25 bits per heavy atom. The first-order valence-electron chi connectivity index (χ1n) is 7.66. The number of primary amides is 1. The molecule has 2 heterocycles. The molecule has 1 aromatic carbocycles. The highest BCUT2D eigenvalue weighted by molar-refractivity contribution is 7.99. The smallest absolute Gasteiger partial charge is 0.237 e. The first-order valence-corrected chi connectivity index (χ1v) is 9.42. The number of carbonyl (C=O) groups excluding carboxylic acids is 1. The third-order valence-electron chi connectivity index (χ3n) is 3.56. The molecule has 7 heteroatoms. The lowest BCUT2D eigenvalue weighted by atomic mass is 10.1. The van der Waals surface area contributed by atoms with Gasteiger partial charge >= 0.3 is 0 Å². The molecule has 2 N–H and O–H groups in total. The van der Waals surface area contributed by atoms with Crippen molar-refractivity contribution in [2.24, 2.45) is 5.73 Å². The summed E-state index contributed by atoms with van der Waals surface area (Å²) >= 11 is 3.18. The van der Waals surface area contributed by atoms with Crippen molar-refractivity contribution in [1.82, 2.24) is 14.8 Å². The van der Waals surface area contributed by atoms with Crippen LogP contribution in [0.5, 0.6) is 0 Å². The van der Waals surface area contributed by atoms with Crippen LogP contribution in [-0.4, -0.2) is 20.7 Å². The largest absolute Gasteiger partial charge is 0.368 e. The second kappa shape index (κ2) is 7.63. The van der Waals surface area contributed by atoms with Crippen molar-refractivity contribution in [2.75, 3.05) is 0 Å². The molecule has 0 aliphatic carbocycles. The van der Waals surface area contributed by atoms with Crippen LogP contribution >= 0.6 is 23.1 Å². The van der Waals surface area contributed by atoms with Crippen LogP contribution in [0, 0.1) is 0 Å². The van der Waals surface area contributed by atoms with Gasteiger partial charge in [-0.1, -0.05) is 55.1 Å². The van der Waals surface area contributed by atoms with E-state index >= 15 is 0 Å². The molecule has 3 aromatic rings. The quantitative estimate of drug-likeness (QED) is 0.653. The lowest BCUT2D eigenvalue weighted by molar-refractivity contribution is -0.118. The topological polar surface area (TPSA) is 73.8 Å². The number of nitrogens with two attached hydrogens (primary N) is 1. The van der Waals surface area contributed by atoms with Gasteiger partial charge in [-0.3, -0.25) is 9.36 Å². The summed E-state index contributed by atoms with van der Waals surface area (Å²) in [5, 5.41) is 11.5. The number of amides is 1. The van der Waals surface area contributed by atoms with Crippen molar-refractivity contribution in [3.8, 4) is 10.7 Å². The van der Waals surface area contributed by atoms with Gasteiger partial charge in [-0.2, -0.15) is 0 Å². The highest BCUT2D eigenvalue weighted by Gasteiger charge is 2.20. The normalized spacial score (nSPS) is 12.2. The van der Waals surface area contributed by atoms with E-state index in [1.54, 1.807) is 23.1 Å². The van der Waals surface area contributed by atoms with Gasteiger partial charge in [0.25, 0.3) is 0 Å². The number of rotatable bonds is 7. The SMILES string of the molecule is CCC(Sc1nnc(-c2cccs2)n1CC(N)=O)c1ccccc1. The van der Waals surface area contributed by atoms with E-state index in [9.17, 15) is 4.79 Å². The van der Waals surface area contributed by atoms with Gasteiger partial charge in [0, 0.05) is 5.25 Å². The molecule has 3 rings (SSSR count). The van der Waals surface area contributed by atoms with Gasteiger partial charge in [0.05, 0.1) is 4.88 Å². The van der Waals surface area contributed by atoms with E-state index < -0.39 is 5.91 Å². The maximum Gasteiger partial charge on any atom is 0.237 e. The summed E-state index contributed by atoms with van der Waals surface area (Å²) in [4.78, 5) is 12.5. The molecule has 2 aromatic heterocycles. The van der Waals surface area contributed by atoms with Crippen LogP contribution < -0.4 is 5.73 Å². The zero-order valence-electron chi connectivity index (χ0n) is 13.3. The summed E-state index contributed by atoms with van der Waals surface area (Å²) in [7, 11) is 0. The van der Waals surface area contributed by atoms with Crippen molar-refractivity contribution in [1.29, 1.82) is 0 Å². The molecule has 24 heavy (non-hydrogen) atoms. The lowest BCUT2D eigenvalue weighted by Gasteiger charge is -2.15. The molecule has 0 aliphatic heterocycles. The average Bonchev–Trinajstić information content (AvgIpc) is 3.23. The number of nitrogens with zero attached hydrogens (tertiary/aromatic N) is 3. The van der Waals surface area contributed by atoms with Gasteiger partial charge in [0.15, 0.2) is 11.0 Å². The number of hydrogen-bond donors (Lipinski definition) is 1. The molecule has 0 spiro atoms. The van der Waals surface area contributed by atoms with Gasteiger partial charge in [-0.05, 0) is 23.4 Å². The Bertz CT molecular complexity index is 799. The average molecular weight is 358 g/mol. The molecule has 0 saturated carbocycles. The van der Waals surface area contributed by atoms with Crippen molar-refractivity contribution < 1.29 is 4.79 Å². The maximum absolute atomic E-state index is 11.5. The van der Waals surface area contributed by atoms with Gasteiger partial charge in [-0.15, -0.1) is 21.5 Å². The number of aromatic nitrogens is 3. The number of thiophene rings is 1. The zero-order valence-corrected chi connectivity index (χ0v) is 14.9. The first-order chi connectivity index (χ1) is 11.7. The molecule has 0 bridgehead atoms. The molecule has 1 atom stereocenters. The van der Waals surface area contributed by atoms with E-state index in [1.165, 1.54) is 5.56 Å².